The van der Waals surface area contributed by atoms with Gasteiger partial charge in [-0.15, -0.1) is 0 Å². The van der Waals surface area contributed by atoms with Crippen LogP contribution < -0.4 is 14.2 Å². The largest absolute Gasteiger partial charge is 0.497 e. The molecule has 0 unspecified atom stereocenters. The number of hydrogen-bond acceptors (Lipinski definition) is 4. The molecule has 0 radical (unpaired) electrons. The molecule has 0 aliphatic carbocycles. The van der Waals surface area contributed by atoms with Gasteiger partial charge in [-0.25, -0.2) is 8.42 Å². The van der Waals surface area contributed by atoms with Crippen LogP contribution in [0.15, 0.2) is 59.5 Å². The third kappa shape index (κ3) is 4.04. The fraction of sp³-hybridized carbons (Fsp3) is 0.176. The molecule has 0 heterocycles. The molecule has 0 aliphatic heterocycles. The Labute approximate surface area is 136 Å². The molecule has 6 heteroatoms. The Bertz CT molecular complexity index is 778. The van der Waals surface area contributed by atoms with Gasteiger partial charge in [0.1, 0.15) is 11.5 Å². The van der Waals surface area contributed by atoms with E-state index in [9.17, 15) is 8.42 Å². The normalized spacial score (nSPS) is 11.9. The Kier molecular flexibility index (Phi) is 5.28. The lowest BCUT2D eigenvalue weighted by molar-refractivity contribution is 0.414. The highest BCUT2D eigenvalue weighted by Gasteiger charge is 2.16. The van der Waals surface area contributed by atoms with Gasteiger partial charge in [0.15, 0.2) is 0 Å². The monoisotopic (exact) mass is 333 g/mol. The summed E-state index contributed by atoms with van der Waals surface area (Å²) in [5.74, 6) is 1.31. The smallest absolute Gasteiger partial charge is 0.261 e. The number of allylic oxidation sites excluding steroid dienone is 1. The second-order valence-electron chi connectivity index (χ2n) is 4.71. The molecule has 23 heavy (non-hydrogen) atoms. The van der Waals surface area contributed by atoms with E-state index in [1.807, 2.05) is 0 Å². The predicted molar refractivity (Wildman–Crippen MR) is 90.0 cm³/mol. The van der Waals surface area contributed by atoms with E-state index in [4.69, 9.17) is 9.47 Å². The first-order valence-electron chi connectivity index (χ1n) is 6.98. The van der Waals surface area contributed by atoms with Gasteiger partial charge >= 0.3 is 0 Å². The molecular formula is C17H19NO4S. The molecule has 0 atom stereocenters. The Morgan fingerprint density at radius 1 is 0.913 bits per heavy atom. The van der Waals surface area contributed by atoms with Gasteiger partial charge in [0.05, 0.1) is 24.8 Å². The van der Waals surface area contributed by atoms with Crippen LogP contribution in [0.25, 0.3) is 5.70 Å². The summed E-state index contributed by atoms with van der Waals surface area (Å²) in [6, 6.07) is 13.4. The fourth-order valence-corrected chi connectivity index (χ4v) is 3.15. The molecule has 5 nitrogen and oxygen atoms in total. The summed E-state index contributed by atoms with van der Waals surface area (Å²) in [7, 11) is -0.553. The van der Waals surface area contributed by atoms with Gasteiger partial charge < -0.3 is 9.47 Å². The van der Waals surface area contributed by atoms with Crippen molar-refractivity contribution in [1.29, 1.82) is 0 Å². The van der Waals surface area contributed by atoms with Gasteiger partial charge in [0.25, 0.3) is 10.0 Å². The molecule has 2 aromatic carbocycles. The van der Waals surface area contributed by atoms with Crippen molar-refractivity contribution in [2.45, 2.75) is 11.8 Å². The summed E-state index contributed by atoms with van der Waals surface area (Å²) >= 11 is 0. The van der Waals surface area contributed by atoms with E-state index >= 15 is 0 Å². The minimum absolute atomic E-state index is 0.172. The Morgan fingerprint density at radius 2 is 1.39 bits per heavy atom. The predicted octanol–water partition coefficient (Wildman–Crippen LogP) is 3.04. The number of rotatable bonds is 6. The van der Waals surface area contributed by atoms with Crippen LogP contribution in [0, 0.1) is 0 Å². The number of benzene rings is 2. The van der Waals surface area contributed by atoms with Crippen LogP contribution in [0.2, 0.25) is 0 Å². The number of sulfonamides is 1. The third-order valence-corrected chi connectivity index (χ3v) is 4.69. The Morgan fingerprint density at radius 3 is 1.83 bits per heavy atom. The quantitative estimate of drug-likeness (QED) is 0.882. The molecule has 0 bridgehead atoms. The lowest BCUT2D eigenvalue weighted by atomic mass is 10.1. The first kappa shape index (κ1) is 16.9. The standard InChI is InChI=1S/C17H19NO4S/c1-4-17(13-5-7-14(21-2)8-6-13)18-23(19,20)16-11-9-15(22-3)10-12-16/h4-12,18H,1-3H3/b17-4-. The van der Waals surface area contributed by atoms with Crippen LogP contribution in [-0.4, -0.2) is 22.6 Å². The van der Waals surface area contributed by atoms with Crippen LogP contribution in [-0.2, 0) is 10.0 Å². The Balaban J connectivity index is 2.25. The first-order valence-corrected chi connectivity index (χ1v) is 8.46. The summed E-state index contributed by atoms with van der Waals surface area (Å²) in [5, 5.41) is 0. The van der Waals surface area contributed by atoms with Crippen LogP contribution in [0.5, 0.6) is 11.5 Å². The summed E-state index contributed by atoms with van der Waals surface area (Å²) in [6.45, 7) is 1.77. The fourth-order valence-electron chi connectivity index (χ4n) is 2.01. The number of hydrogen-bond donors (Lipinski definition) is 1. The number of methoxy groups -OCH3 is 2. The zero-order valence-electron chi connectivity index (χ0n) is 13.2. The van der Waals surface area contributed by atoms with E-state index in [0.29, 0.717) is 17.2 Å². The SMILES string of the molecule is C/C=C(\NS(=O)(=O)c1ccc(OC)cc1)c1ccc(OC)cc1. The van der Waals surface area contributed by atoms with E-state index in [1.54, 1.807) is 56.5 Å². The van der Waals surface area contributed by atoms with Crippen molar-refractivity contribution < 1.29 is 17.9 Å². The molecule has 0 amide bonds. The average molecular weight is 333 g/mol. The van der Waals surface area contributed by atoms with Crippen LogP contribution in [0.4, 0.5) is 0 Å². The van der Waals surface area contributed by atoms with Crippen LogP contribution in [0.3, 0.4) is 0 Å². The lowest BCUT2D eigenvalue weighted by Crippen LogP contribution is -2.22. The first-order chi connectivity index (χ1) is 11.0. The van der Waals surface area contributed by atoms with E-state index < -0.39 is 10.0 Å². The highest BCUT2D eigenvalue weighted by atomic mass is 32.2. The molecule has 0 aromatic heterocycles. The van der Waals surface area contributed by atoms with Crippen molar-refractivity contribution in [3.8, 4) is 11.5 Å². The number of nitrogens with one attached hydrogen (secondary N) is 1. The van der Waals surface area contributed by atoms with Gasteiger partial charge in [-0.05, 0) is 61.0 Å². The second-order valence-corrected chi connectivity index (χ2v) is 6.39. The van der Waals surface area contributed by atoms with Gasteiger partial charge in [-0.3, -0.25) is 4.72 Å². The maximum absolute atomic E-state index is 12.5. The van der Waals surface area contributed by atoms with Crippen molar-refractivity contribution in [2.24, 2.45) is 0 Å². The van der Waals surface area contributed by atoms with Gasteiger partial charge in [-0.2, -0.15) is 0 Å². The molecule has 0 saturated heterocycles. The van der Waals surface area contributed by atoms with Gasteiger partial charge in [0.2, 0.25) is 0 Å². The molecule has 2 aromatic rings. The van der Waals surface area contributed by atoms with E-state index in [-0.39, 0.29) is 4.90 Å². The molecule has 0 saturated carbocycles. The molecule has 0 spiro atoms. The van der Waals surface area contributed by atoms with Crippen molar-refractivity contribution in [2.75, 3.05) is 14.2 Å². The van der Waals surface area contributed by atoms with Crippen molar-refractivity contribution in [3.63, 3.8) is 0 Å². The lowest BCUT2D eigenvalue weighted by Gasteiger charge is -2.12. The maximum atomic E-state index is 12.5. The average Bonchev–Trinajstić information content (AvgIpc) is 2.60. The topological polar surface area (TPSA) is 64.6 Å². The summed E-state index contributed by atoms with van der Waals surface area (Å²) in [5.41, 5.74) is 1.26. The minimum Gasteiger partial charge on any atom is -0.497 e. The van der Waals surface area contributed by atoms with Crippen molar-refractivity contribution in [3.05, 3.63) is 60.2 Å². The van der Waals surface area contributed by atoms with Crippen molar-refractivity contribution in [1.82, 2.24) is 4.72 Å². The van der Waals surface area contributed by atoms with E-state index in [0.717, 1.165) is 5.56 Å². The van der Waals surface area contributed by atoms with Gasteiger partial charge in [-0.1, -0.05) is 6.08 Å². The van der Waals surface area contributed by atoms with Gasteiger partial charge in [0, 0.05) is 0 Å². The van der Waals surface area contributed by atoms with E-state index in [2.05, 4.69) is 4.72 Å². The molecule has 2 rings (SSSR count). The molecule has 1 N–H and O–H groups in total. The zero-order valence-corrected chi connectivity index (χ0v) is 14.1. The summed E-state index contributed by atoms with van der Waals surface area (Å²) in [4.78, 5) is 0.172. The molecular weight excluding hydrogens is 314 g/mol. The summed E-state index contributed by atoms with van der Waals surface area (Å²) < 4.78 is 37.7. The zero-order chi connectivity index (χ0) is 16.9. The maximum Gasteiger partial charge on any atom is 0.261 e. The number of ether oxygens (including phenoxy) is 2. The highest BCUT2D eigenvalue weighted by molar-refractivity contribution is 7.89. The van der Waals surface area contributed by atoms with E-state index in [1.165, 1.54) is 19.2 Å². The molecule has 122 valence electrons. The highest BCUT2D eigenvalue weighted by Crippen LogP contribution is 2.20. The minimum atomic E-state index is -3.67. The summed E-state index contributed by atoms with van der Waals surface area (Å²) in [6.07, 6.45) is 1.71. The Hall–Kier alpha value is -2.47. The second kappa shape index (κ2) is 7.19. The van der Waals surface area contributed by atoms with Crippen LogP contribution in [0.1, 0.15) is 12.5 Å². The van der Waals surface area contributed by atoms with Crippen molar-refractivity contribution >= 4 is 15.7 Å². The molecule has 0 aliphatic rings. The third-order valence-electron chi connectivity index (χ3n) is 3.30. The van der Waals surface area contributed by atoms with Crippen LogP contribution >= 0.6 is 0 Å². The molecule has 0 fully saturated rings.